The molecule has 0 atom stereocenters. The van der Waals surface area contributed by atoms with Crippen LogP contribution in [0.1, 0.15) is 18.9 Å². The number of amides is 1. The molecule has 0 aliphatic carbocycles. The zero-order valence-corrected chi connectivity index (χ0v) is 15.5. The molecule has 0 radical (unpaired) electrons. The summed E-state index contributed by atoms with van der Waals surface area (Å²) in [4.78, 5) is 19.6. The molecule has 0 spiro atoms. The van der Waals surface area contributed by atoms with Gasteiger partial charge in [-0.15, -0.1) is 0 Å². The van der Waals surface area contributed by atoms with E-state index >= 15 is 0 Å². The average Bonchev–Trinajstić information content (AvgIpc) is 2.93. The minimum atomic E-state index is -0.103. The van der Waals surface area contributed by atoms with E-state index in [0.29, 0.717) is 27.9 Å². The van der Waals surface area contributed by atoms with Crippen molar-refractivity contribution in [1.29, 1.82) is 0 Å². The Morgan fingerprint density at radius 3 is 2.65 bits per heavy atom. The molecule has 1 fully saturated rings. The van der Waals surface area contributed by atoms with Gasteiger partial charge in [0.2, 0.25) is 0 Å². The molecule has 134 valence electrons. The summed E-state index contributed by atoms with van der Waals surface area (Å²) in [5.41, 5.74) is 1.34. The Morgan fingerprint density at radius 2 is 1.96 bits per heavy atom. The Kier molecular flexibility index (Phi) is 5.63. The van der Waals surface area contributed by atoms with E-state index in [4.69, 9.17) is 4.74 Å². The van der Waals surface area contributed by atoms with Gasteiger partial charge < -0.3 is 9.84 Å². The lowest BCUT2D eigenvalue weighted by Gasteiger charge is -2.13. The Labute approximate surface area is 157 Å². The Balaban J connectivity index is 1.97. The van der Waals surface area contributed by atoms with E-state index in [0.717, 1.165) is 12.1 Å². The summed E-state index contributed by atoms with van der Waals surface area (Å²) in [6.07, 6.45) is 2.51. The summed E-state index contributed by atoms with van der Waals surface area (Å²) in [5.74, 6) is 0.290. The van der Waals surface area contributed by atoms with Crippen LogP contribution in [0.4, 0.5) is 5.69 Å². The topological polar surface area (TPSA) is 62.1 Å². The smallest absolute Gasteiger partial charge is 0.266 e. The van der Waals surface area contributed by atoms with Crippen molar-refractivity contribution in [3.05, 3.63) is 59.0 Å². The number of rotatable bonds is 5. The fraction of sp³-hybridized carbons (Fsp3) is 0.200. The molecule has 3 rings (SSSR count). The number of hydrogen-bond donors (Lipinski definition) is 1. The van der Waals surface area contributed by atoms with Crippen LogP contribution in [-0.4, -0.2) is 34.7 Å². The van der Waals surface area contributed by atoms with E-state index in [1.807, 2.05) is 37.3 Å². The Hall–Kier alpha value is -2.73. The van der Waals surface area contributed by atoms with Gasteiger partial charge in [-0.1, -0.05) is 37.3 Å². The van der Waals surface area contributed by atoms with Crippen LogP contribution >= 0.6 is 11.8 Å². The van der Waals surface area contributed by atoms with Crippen LogP contribution in [0.2, 0.25) is 0 Å². The number of carbonyl (C=O) groups is 1. The minimum absolute atomic E-state index is 0.0198. The van der Waals surface area contributed by atoms with Gasteiger partial charge >= 0.3 is 0 Å². The lowest BCUT2D eigenvalue weighted by Crippen LogP contribution is -2.29. The fourth-order valence-corrected chi connectivity index (χ4v) is 3.60. The highest BCUT2D eigenvalue weighted by Crippen LogP contribution is 2.37. The van der Waals surface area contributed by atoms with E-state index in [9.17, 15) is 9.90 Å². The van der Waals surface area contributed by atoms with Crippen LogP contribution in [0.3, 0.4) is 0 Å². The van der Waals surface area contributed by atoms with Crippen molar-refractivity contribution < 1.29 is 14.6 Å². The molecule has 6 heteroatoms. The van der Waals surface area contributed by atoms with Crippen molar-refractivity contribution in [3.8, 4) is 11.5 Å². The van der Waals surface area contributed by atoms with Crippen molar-refractivity contribution in [2.45, 2.75) is 13.3 Å². The molecule has 5 nitrogen and oxygen atoms in total. The number of phenolic OH excluding ortho intramolecular Hbond substituents is 1. The van der Waals surface area contributed by atoms with Gasteiger partial charge in [-0.25, -0.2) is 4.99 Å². The number of nitrogens with zero attached hydrogens (tertiary/aromatic N) is 2. The van der Waals surface area contributed by atoms with Gasteiger partial charge in [0.05, 0.1) is 17.7 Å². The van der Waals surface area contributed by atoms with Crippen molar-refractivity contribution in [1.82, 2.24) is 4.90 Å². The van der Waals surface area contributed by atoms with E-state index < -0.39 is 0 Å². The van der Waals surface area contributed by atoms with Crippen LogP contribution in [0.25, 0.3) is 6.08 Å². The number of aromatic hydroxyl groups is 1. The third-order valence-electron chi connectivity index (χ3n) is 3.85. The quantitative estimate of drug-likeness (QED) is 0.794. The second-order valence-electron chi connectivity index (χ2n) is 5.70. The second kappa shape index (κ2) is 8.10. The number of phenols is 1. The van der Waals surface area contributed by atoms with Gasteiger partial charge in [0.25, 0.3) is 5.91 Å². The summed E-state index contributed by atoms with van der Waals surface area (Å²) in [5, 5.41) is 10.9. The lowest BCUT2D eigenvalue weighted by atomic mass is 10.1. The zero-order valence-electron chi connectivity index (χ0n) is 14.7. The second-order valence-corrected chi connectivity index (χ2v) is 6.70. The highest BCUT2D eigenvalue weighted by molar-refractivity contribution is 8.18. The SMILES string of the molecule is CCCN1C(=O)/C(=C/c2cccc(OC)c2O)SC1=Nc1ccccc1. The maximum Gasteiger partial charge on any atom is 0.266 e. The molecule has 1 aliphatic heterocycles. The molecule has 1 aliphatic rings. The molecule has 1 amide bonds. The number of methoxy groups -OCH3 is 1. The summed E-state index contributed by atoms with van der Waals surface area (Å²) in [7, 11) is 1.50. The third-order valence-corrected chi connectivity index (χ3v) is 4.86. The summed E-state index contributed by atoms with van der Waals surface area (Å²) >= 11 is 1.31. The molecule has 0 saturated carbocycles. The first-order valence-electron chi connectivity index (χ1n) is 8.35. The average molecular weight is 368 g/mol. The molecule has 2 aromatic rings. The Bertz CT molecular complexity index is 863. The predicted molar refractivity (Wildman–Crippen MR) is 106 cm³/mol. The normalized spacial score (nSPS) is 17.3. The van der Waals surface area contributed by atoms with Gasteiger partial charge in [-0.3, -0.25) is 9.69 Å². The maximum atomic E-state index is 12.8. The number of ether oxygens (including phenoxy) is 1. The number of hydrogen-bond acceptors (Lipinski definition) is 5. The number of amidine groups is 1. The van der Waals surface area contributed by atoms with Gasteiger partial charge in [0, 0.05) is 12.1 Å². The lowest BCUT2D eigenvalue weighted by molar-refractivity contribution is -0.122. The molecule has 0 bridgehead atoms. The monoisotopic (exact) mass is 368 g/mol. The van der Waals surface area contributed by atoms with E-state index in [-0.39, 0.29) is 11.7 Å². The van der Waals surface area contributed by atoms with Crippen molar-refractivity contribution >= 4 is 34.6 Å². The van der Waals surface area contributed by atoms with Gasteiger partial charge in [0.1, 0.15) is 0 Å². The molecule has 0 unspecified atom stereocenters. The first-order valence-corrected chi connectivity index (χ1v) is 9.16. The molecule has 26 heavy (non-hydrogen) atoms. The largest absolute Gasteiger partial charge is 0.504 e. The summed E-state index contributed by atoms with van der Waals surface area (Å²) < 4.78 is 5.13. The summed E-state index contributed by atoms with van der Waals surface area (Å²) in [6, 6.07) is 14.7. The predicted octanol–water partition coefficient (Wildman–Crippen LogP) is 4.41. The number of benzene rings is 2. The van der Waals surface area contributed by atoms with Crippen LogP contribution in [0.15, 0.2) is 58.4 Å². The standard InChI is InChI=1S/C20H20N2O3S/c1-3-12-22-19(24)17(13-14-8-7-11-16(25-2)18(14)23)26-20(22)21-15-9-5-4-6-10-15/h4-11,13,23H,3,12H2,1-2H3/b17-13-,21-20?. The van der Waals surface area contributed by atoms with Crippen LogP contribution < -0.4 is 4.74 Å². The first kappa shape index (κ1) is 18.1. The Morgan fingerprint density at radius 1 is 1.19 bits per heavy atom. The van der Waals surface area contributed by atoms with Gasteiger partial charge in [0.15, 0.2) is 16.7 Å². The van der Waals surface area contributed by atoms with Crippen molar-refractivity contribution in [2.24, 2.45) is 4.99 Å². The van der Waals surface area contributed by atoms with E-state index in [1.165, 1.54) is 18.9 Å². The third kappa shape index (κ3) is 3.75. The van der Waals surface area contributed by atoms with Crippen molar-refractivity contribution in [2.75, 3.05) is 13.7 Å². The van der Waals surface area contributed by atoms with Gasteiger partial charge in [-0.05, 0) is 42.5 Å². The summed E-state index contributed by atoms with van der Waals surface area (Å²) in [6.45, 7) is 2.62. The number of carbonyl (C=O) groups excluding carboxylic acids is 1. The fourth-order valence-electron chi connectivity index (χ4n) is 2.59. The highest BCUT2D eigenvalue weighted by atomic mass is 32.2. The van der Waals surface area contributed by atoms with Crippen molar-refractivity contribution in [3.63, 3.8) is 0 Å². The van der Waals surface area contributed by atoms with Crippen LogP contribution in [0.5, 0.6) is 11.5 Å². The molecular formula is C20H20N2O3S. The van der Waals surface area contributed by atoms with E-state index in [2.05, 4.69) is 4.99 Å². The first-order chi connectivity index (χ1) is 12.6. The molecule has 0 aromatic heterocycles. The van der Waals surface area contributed by atoms with E-state index in [1.54, 1.807) is 29.2 Å². The molecule has 2 aromatic carbocycles. The number of thioether (sulfide) groups is 1. The number of aliphatic imine (C=N–C) groups is 1. The molecular weight excluding hydrogens is 348 g/mol. The zero-order chi connectivity index (χ0) is 18.5. The molecule has 1 heterocycles. The maximum absolute atomic E-state index is 12.8. The molecule has 1 N–H and O–H groups in total. The van der Waals surface area contributed by atoms with Crippen LogP contribution in [-0.2, 0) is 4.79 Å². The number of para-hydroxylation sites is 2. The molecule has 1 saturated heterocycles. The van der Waals surface area contributed by atoms with Crippen LogP contribution in [0, 0.1) is 0 Å². The van der Waals surface area contributed by atoms with Gasteiger partial charge in [-0.2, -0.15) is 0 Å². The minimum Gasteiger partial charge on any atom is -0.504 e. The highest BCUT2D eigenvalue weighted by Gasteiger charge is 2.33.